The summed E-state index contributed by atoms with van der Waals surface area (Å²) in [7, 11) is 0. The van der Waals surface area contributed by atoms with E-state index in [2.05, 4.69) is 18.7 Å². The summed E-state index contributed by atoms with van der Waals surface area (Å²) in [5, 5.41) is 9.43. The van der Waals surface area contributed by atoms with Crippen molar-refractivity contribution >= 4 is 5.97 Å². The van der Waals surface area contributed by atoms with E-state index < -0.39 is 0 Å². The average molecular weight is 554 g/mol. The van der Waals surface area contributed by atoms with Gasteiger partial charge in [-0.2, -0.15) is 0 Å². The summed E-state index contributed by atoms with van der Waals surface area (Å²) in [5.41, 5.74) is 0. The van der Waals surface area contributed by atoms with Gasteiger partial charge in [-0.3, -0.25) is 4.79 Å². The Morgan fingerprint density at radius 2 is 0.949 bits per heavy atom. The molecule has 0 saturated carbocycles. The van der Waals surface area contributed by atoms with E-state index in [0.29, 0.717) is 6.42 Å². The van der Waals surface area contributed by atoms with Crippen molar-refractivity contribution in [2.24, 2.45) is 0 Å². The number of rotatable bonds is 32. The molecule has 1 unspecified atom stereocenters. The Morgan fingerprint density at radius 3 is 1.38 bits per heavy atom. The predicted molar refractivity (Wildman–Crippen MR) is 170 cm³/mol. The monoisotopic (exact) mass is 554 g/mol. The zero-order valence-corrected chi connectivity index (χ0v) is 27.0. The van der Waals surface area contributed by atoms with Gasteiger partial charge < -0.3 is 14.7 Å². The number of unbranched alkanes of at least 4 members (excludes halogenated alkanes) is 21. The molecule has 0 aliphatic heterocycles. The van der Waals surface area contributed by atoms with Crippen LogP contribution >= 0.6 is 0 Å². The molecule has 4 heteroatoms. The van der Waals surface area contributed by atoms with Crippen LogP contribution in [0.4, 0.5) is 0 Å². The fourth-order valence-electron chi connectivity index (χ4n) is 5.52. The molecule has 4 nitrogen and oxygen atoms in total. The van der Waals surface area contributed by atoms with E-state index in [1.54, 1.807) is 0 Å². The molecule has 0 saturated heterocycles. The molecule has 0 aliphatic carbocycles. The highest BCUT2D eigenvalue weighted by molar-refractivity contribution is 5.69. The molecular formula is C35H71NO3. The van der Waals surface area contributed by atoms with Crippen LogP contribution in [0.25, 0.3) is 0 Å². The second-order valence-corrected chi connectivity index (χ2v) is 12.2. The lowest BCUT2D eigenvalue weighted by atomic mass is 10.0. The summed E-state index contributed by atoms with van der Waals surface area (Å²) in [6.45, 7) is 9.86. The predicted octanol–water partition coefficient (Wildman–Crippen LogP) is 10.4. The molecule has 0 aromatic carbocycles. The van der Waals surface area contributed by atoms with Crippen molar-refractivity contribution in [2.75, 3.05) is 26.2 Å². The lowest BCUT2D eigenvalue weighted by Gasteiger charge is -2.21. The van der Waals surface area contributed by atoms with Gasteiger partial charge in [0.05, 0.1) is 12.7 Å². The molecule has 0 rings (SSSR count). The minimum absolute atomic E-state index is 0.0135. The molecule has 0 aromatic rings. The van der Waals surface area contributed by atoms with Gasteiger partial charge in [0.1, 0.15) is 0 Å². The maximum atomic E-state index is 12.1. The Bertz CT molecular complexity index is 485. The highest BCUT2D eigenvalue weighted by Crippen LogP contribution is 2.14. The summed E-state index contributed by atoms with van der Waals surface area (Å²) in [6.07, 6.45) is 33.1. The van der Waals surface area contributed by atoms with Crippen LogP contribution in [0, 0.1) is 0 Å². The van der Waals surface area contributed by atoms with Gasteiger partial charge in [-0.25, -0.2) is 0 Å². The van der Waals surface area contributed by atoms with Crippen molar-refractivity contribution in [3.05, 3.63) is 0 Å². The van der Waals surface area contributed by atoms with Crippen LogP contribution in [0.1, 0.15) is 188 Å². The fraction of sp³-hybridized carbons (Fsp3) is 0.971. The van der Waals surface area contributed by atoms with Gasteiger partial charge in [0.2, 0.25) is 0 Å². The van der Waals surface area contributed by atoms with Crippen LogP contribution in [0.3, 0.4) is 0 Å². The van der Waals surface area contributed by atoms with Crippen LogP contribution in [-0.2, 0) is 9.53 Å². The number of ether oxygens (including phenoxy) is 1. The molecule has 0 radical (unpaired) electrons. The van der Waals surface area contributed by atoms with Crippen molar-refractivity contribution < 1.29 is 14.6 Å². The van der Waals surface area contributed by atoms with Crippen LogP contribution < -0.4 is 0 Å². The largest absolute Gasteiger partial charge is 0.463 e. The molecule has 0 amide bonds. The minimum Gasteiger partial charge on any atom is -0.463 e. The smallest absolute Gasteiger partial charge is 0.306 e. The first-order valence-corrected chi connectivity index (χ1v) is 17.7. The summed E-state index contributed by atoms with van der Waals surface area (Å²) in [4.78, 5) is 14.5. The maximum Gasteiger partial charge on any atom is 0.306 e. The molecule has 1 N–H and O–H groups in total. The lowest BCUT2D eigenvalue weighted by molar-refractivity contribution is -0.148. The van der Waals surface area contributed by atoms with Crippen molar-refractivity contribution in [3.8, 4) is 0 Å². The zero-order chi connectivity index (χ0) is 28.7. The number of hydrogen-bond donors (Lipinski definition) is 1. The molecule has 39 heavy (non-hydrogen) atoms. The summed E-state index contributed by atoms with van der Waals surface area (Å²) >= 11 is 0. The van der Waals surface area contributed by atoms with E-state index in [1.165, 1.54) is 141 Å². The standard InChI is InChI=1S/C35H71NO3/c1-4-6-8-10-12-13-14-15-16-17-18-22-26-30-36(32-33-37)31-27-23-19-21-25-29-35(38)39-34(3)28-24-20-11-9-7-5-2/h34,37H,4-33H2,1-3H3. The second kappa shape index (κ2) is 31.9. The van der Waals surface area contributed by atoms with E-state index in [9.17, 15) is 9.90 Å². The fourth-order valence-corrected chi connectivity index (χ4v) is 5.52. The van der Waals surface area contributed by atoms with E-state index >= 15 is 0 Å². The van der Waals surface area contributed by atoms with Crippen LogP contribution in [0.15, 0.2) is 0 Å². The van der Waals surface area contributed by atoms with Gasteiger partial charge in [0, 0.05) is 13.0 Å². The van der Waals surface area contributed by atoms with Gasteiger partial charge in [-0.1, -0.05) is 142 Å². The topological polar surface area (TPSA) is 49.8 Å². The summed E-state index contributed by atoms with van der Waals surface area (Å²) < 4.78 is 5.59. The Hall–Kier alpha value is -0.610. The Kier molecular flexibility index (Phi) is 31.4. The first-order chi connectivity index (χ1) is 19.1. The number of aliphatic hydroxyl groups excluding tert-OH is 1. The zero-order valence-electron chi connectivity index (χ0n) is 27.0. The molecule has 234 valence electrons. The van der Waals surface area contributed by atoms with E-state index in [4.69, 9.17) is 4.74 Å². The Balaban J connectivity index is 3.56. The van der Waals surface area contributed by atoms with Gasteiger partial charge in [-0.05, 0) is 52.1 Å². The molecular weight excluding hydrogens is 482 g/mol. The molecule has 0 heterocycles. The van der Waals surface area contributed by atoms with Crippen LogP contribution in [0.5, 0.6) is 0 Å². The number of carbonyl (C=O) groups excluding carboxylic acids is 1. The van der Waals surface area contributed by atoms with Gasteiger partial charge in [0.15, 0.2) is 0 Å². The van der Waals surface area contributed by atoms with E-state index in [1.807, 2.05) is 6.92 Å². The number of aliphatic hydroxyl groups is 1. The lowest BCUT2D eigenvalue weighted by Crippen LogP contribution is -2.29. The highest BCUT2D eigenvalue weighted by atomic mass is 16.5. The normalized spacial score (nSPS) is 12.3. The van der Waals surface area contributed by atoms with Crippen molar-refractivity contribution in [3.63, 3.8) is 0 Å². The van der Waals surface area contributed by atoms with Crippen molar-refractivity contribution in [1.82, 2.24) is 4.90 Å². The minimum atomic E-state index is -0.0135. The van der Waals surface area contributed by atoms with Gasteiger partial charge in [-0.15, -0.1) is 0 Å². The van der Waals surface area contributed by atoms with Crippen LogP contribution in [-0.4, -0.2) is 48.3 Å². The van der Waals surface area contributed by atoms with Crippen LogP contribution in [0.2, 0.25) is 0 Å². The Morgan fingerprint density at radius 1 is 0.564 bits per heavy atom. The highest BCUT2D eigenvalue weighted by Gasteiger charge is 2.09. The summed E-state index contributed by atoms with van der Waals surface area (Å²) in [6, 6.07) is 0. The quantitative estimate of drug-likeness (QED) is 0.0665. The molecule has 0 bridgehead atoms. The van der Waals surface area contributed by atoms with Crippen molar-refractivity contribution in [1.29, 1.82) is 0 Å². The third kappa shape index (κ3) is 30.2. The van der Waals surface area contributed by atoms with Gasteiger partial charge >= 0.3 is 5.97 Å². The molecule has 0 aromatic heterocycles. The van der Waals surface area contributed by atoms with Crippen molar-refractivity contribution in [2.45, 2.75) is 194 Å². The SMILES string of the molecule is CCCCCCCCCCCCCCCN(CCO)CCCCCCCC(=O)OC(C)CCCCCCCC. The molecule has 1 atom stereocenters. The summed E-state index contributed by atoms with van der Waals surface area (Å²) in [5.74, 6) is -0.0135. The van der Waals surface area contributed by atoms with E-state index in [0.717, 1.165) is 38.9 Å². The third-order valence-corrected chi connectivity index (χ3v) is 8.15. The first kappa shape index (κ1) is 38.4. The molecule has 0 aliphatic rings. The number of carbonyl (C=O) groups is 1. The number of esters is 1. The first-order valence-electron chi connectivity index (χ1n) is 17.7. The second-order valence-electron chi connectivity index (χ2n) is 12.2. The average Bonchev–Trinajstić information content (AvgIpc) is 2.92. The molecule has 0 fully saturated rings. The molecule has 0 spiro atoms. The van der Waals surface area contributed by atoms with E-state index in [-0.39, 0.29) is 18.7 Å². The third-order valence-electron chi connectivity index (χ3n) is 8.15. The van der Waals surface area contributed by atoms with Gasteiger partial charge in [0.25, 0.3) is 0 Å². The number of nitrogens with zero attached hydrogens (tertiary/aromatic N) is 1. The Labute approximate surface area is 245 Å². The number of hydrogen-bond acceptors (Lipinski definition) is 4. The maximum absolute atomic E-state index is 12.1.